The average molecular weight is 464 g/mol. The number of fused-ring (bicyclic) bond motifs is 1. The molecule has 0 unspecified atom stereocenters. The summed E-state index contributed by atoms with van der Waals surface area (Å²) in [6.07, 6.45) is 10.8. The fourth-order valence-corrected chi connectivity index (χ4v) is 4.58. The van der Waals surface area contributed by atoms with Crippen molar-refractivity contribution in [3.05, 3.63) is 67.1 Å². The minimum absolute atomic E-state index is 0.742. The first-order valence-corrected chi connectivity index (χ1v) is 12.5. The summed E-state index contributed by atoms with van der Waals surface area (Å²) in [7, 11) is 1.00. The van der Waals surface area contributed by atoms with Crippen LogP contribution in [0, 0.1) is 0 Å². The Hall–Kier alpha value is -2.87. The first-order chi connectivity index (χ1) is 16.3. The number of hydrogen-bond acceptors (Lipinski definition) is 5. The van der Waals surface area contributed by atoms with Crippen molar-refractivity contribution in [2.75, 3.05) is 39.6 Å². The molecule has 0 radical (unpaired) electrons. The van der Waals surface area contributed by atoms with Crippen LogP contribution in [0.2, 0.25) is 0 Å². The van der Waals surface area contributed by atoms with Gasteiger partial charge in [0.2, 0.25) is 0 Å². The first-order valence-electron chi connectivity index (χ1n) is 11.2. The van der Waals surface area contributed by atoms with Gasteiger partial charge < -0.3 is 9.84 Å². The van der Waals surface area contributed by atoms with E-state index in [4.69, 9.17) is 14.8 Å². The number of nitrogens with one attached hydrogen (secondary N) is 1. The van der Waals surface area contributed by atoms with Crippen LogP contribution in [0.5, 0.6) is 5.75 Å². The number of thioether (sulfide) groups is 1. The topological polar surface area (TPSA) is 65.5 Å². The molecule has 1 aliphatic rings. The maximum absolute atomic E-state index is 7.00. The normalized spacial score (nSPS) is 13.7. The Balaban J connectivity index is 0.00000126. The van der Waals surface area contributed by atoms with Crippen molar-refractivity contribution in [1.29, 1.82) is 0 Å². The molecule has 3 heterocycles. The number of aromatic nitrogens is 3. The van der Waals surface area contributed by atoms with Crippen molar-refractivity contribution in [1.82, 2.24) is 15.0 Å². The Kier molecular flexibility index (Phi) is 7.99. The van der Waals surface area contributed by atoms with Crippen molar-refractivity contribution >= 4 is 17.4 Å². The lowest BCUT2D eigenvalue weighted by Crippen LogP contribution is -2.25. The maximum Gasteiger partial charge on any atom is 0.355 e. The third-order valence-corrected chi connectivity index (χ3v) is 6.58. The highest BCUT2D eigenvalue weighted by molar-refractivity contribution is 7.98. The molecule has 6 nitrogen and oxygen atoms in total. The summed E-state index contributed by atoms with van der Waals surface area (Å²) in [5.41, 5.74) is 5.37. The number of nitrogens with zero attached hydrogens (tertiary/aromatic N) is 3. The van der Waals surface area contributed by atoms with E-state index in [0.717, 1.165) is 48.3 Å². The molecule has 0 spiro atoms. The summed E-state index contributed by atoms with van der Waals surface area (Å²) in [4.78, 5) is 8.47. The Morgan fingerprint density at radius 1 is 1.06 bits per heavy atom. The number of aromatic amines is 1. The molecule has 5 rings (SSSR count). The van der Waals surface area contributed by atoms with Gasteiger partial charge in [0, 0.05) is 18.6 Å². The summed E-state index contributed by atoms with van der Waals surface area (Å²) in [5.74, 6) is 0.917. The largest absolute Gasteiger partial charge is 0.492 e. The number of aliphatic hydroxyl groups is 1. The molecule has 1 fully saturated rings. The lowest BCUT2D eigenvalue weighted by atomic mass is 10.1. The fraction of sp³-hybridized carbons (Fsp3) is 0.308. The molecule has 1 saturated heterocycles. The van der Waals surface area contributed by atoms with Gasteiger partial charge in [-0.1, -0.05) is 24.3 Å². The van der Waals surface area contributed by atoms with Gasteiger partial charge >= 0.3 is 5.65 Å². The van der Waals surface area contributed by atoms with Gasteiger partial charge in [0.25, 0.3) is 0 Å². The van der Waals surface area contributed by atoms with Gasteiger partial charge in [0.05, 0.1) is 17.3 Å². The Morgan fingerprint density at radius 2 is 1.85 bits per heavy atom. The molecule has 2 N–H and O–H groups in total. The second kappa shape index (κ2) is 11.3. The lowest BCUT2D eigenvalue weighted by Gasteiger charge is -2.14. The molecule has 0 saturated carbocycles. The molecule has 7 heteroatoms. The van der Waals surface area contributed by atoms with Gasteiger partial charge in [-0.05, 0) is 72.6 Å². The molecule has 172 valence electrons. The third-order valence-electron chi connectivity index (χ3n) is 5.85. The van der Waals surface area contributed by atoms with Crippen LogP contribution in [-0.4, -0.2) is 59.7 Å². The molecule has 0 aliphatic carbocycles. The van der Waals surface area contributed by atoms with Crippen LogP contribution < -0.4 is 9.25 Å². The third kappa shape index (κ3) is 5.55. The van der Waals surface area contributed by atoms with Gasteiger partial charge in [0.1, 0.15) is 18.6 Å². The number of hydrogen-bond donors (Lipinski definition) is 2. The van der Waals surface area contributed by atoms with E-state index < -0.39 is 0 Å². The molecule has 0 atom stereocenters. The maximum atomic E-state index is 7.00. The summed E-state index contributed by atoms with van der Waals surface area (Å²) in [6, 6.07) is 16.8. The molecule has 33 heavy (non-hydrogen) atoms. The van der Waals surface area contributed by atoms with E-state index in [1.165, 1.54) is 36.4 Å². The predicted molar refractivity (Wildman–Crippen MR) is 134 cm³/mol. The van der Waals surface area contributed by atoms with Crippen molar-refractivity contribution < 1.29 is 14.4 Å². The summed E-state index contributed by atoms with van der Waals surface area (Å²) < 4.78 is 7.91. The summed E-state index contributed by atoms with van der Waals surface area (Å²) >= 11 is 1.75. The molecule has 0 amide bonds. The van der Waals surface area contributed by atoms with Crippen LogP contribution in [0.4, 0.5) is 0 Å². The smallest absolute Gasteiger partial charge is 0.355 e. The average Bonchev–Trinajstić information content (AvgIpc) is 3.55. The zero-order valence-corrected chi connectivity index (χ0v) is 20.0. The zero-order chi connectivity index (χ0) is 23.0. The van der Waals surface area contributed by atoms with Crippen LogP contribution in [0.25, 0.3) is 27.9 Å². The van der Waals surface area contributed by atoms with E-state index in [1.807, 2.05) is 29.0 Å². The molecule has 2 aromatic carbocycles. The highest BCUT2D eigenvalue weighted by Crippen LogP contribution is 2.27. The standard InChI is InChI=1S/C25H26N4OS.CH4O/c1-31-23-6-4-5-20(15-23)24-17-27-29-18-21(16-26-25(24)29)19-7-9-22(10-8-19)30-14-13-28-11-2-3-12-28;1-2/h4-10,15-18H,2-3,11-14H2,1H3;2H,1H3/p+1. The number of aliphatic hydroxyl groups excluding tert-OH is 1. The molecule has 1 aliphatic heterocycles. The van der Waals surface area contributed by atoms with Gasteiger partial charge in [-0.3, -0.25) is 4.90 Å². The summed E-state index contributed by atoms with van der Waals surface area (Å²) in [5, 5.41) is 10.3. The van der Waals surface area contributed by atoms with Crippen molar-refractivity contribution in [2.24, 2.45) is 0 Å². The van der Waals surface area contributed by atoms with Crippen LogP contribution in [-0.2, 0) is 0 Å². The van der Waals surface area contributed by atoms with E-state index >= 15 is 0 Å². The van der Waals surface area contributed by atoms with E-state index in [1.54, 1.807) is 11.8 Å². The second-order valence-electron chi connectivity index (χ2n) is 7.88. The minimum atomic E-state index is 0.742. The number of H-pyrrole nitrogens is 1. The molecule has 2 aromatic heterocycles. The van der Waals surface area contributed by atoms with Crippen LogP contribution in [0.1, 0.15) is 12.8 Å². The van der Waals surface area contributed by atoms with Crippen LogP contribution in [0.3, 0.4) is 0 Å². The van der Waals surface area contributed by atoms with Gasteiger partial charge in [0.15, 0.2) is 6.20 Å². The summed E-state index contributed by atoms with van der Waals surface area (Å²) in [6.45, 7) is 4.16. The van der Waals surface area contributed by atoms with Crippen LogP contribution >= 0.6 is 11.8 Å². The van der Waals surface area contributed by atoms with Gasteiger partial charge in [-0.25, -0.2) is 5.10 Å². The number of likely N-dealkylation sites (tertiary alicyclic amines) is 1. The Morgan fingerprint density at radius 3 is 2.61 bits per heavy atom. The van der Waals surface area contributed by atoms with E-state index in [-0.39, 0.29) is 0 Å². The molecule has 4 aromatic rings. The second-order valence-corrected chi connectivity index (χ2v) is 8.76. The molecular weight excluding hydrogens is 432 g/mol. The Labute approximate surface area is 199 Å². The zero-order valence-electron chi connectivity index (χ0n) is 19.2. The number of rotatable bonds is 7. The molecular formula is C26H31N4O2S+. The fourth-order valence-electron chi connectivity index (χ4n) is 4.12. The number of benzene rings is 2. The van der Waals surface area contributed by atoms with E-state index in [0.29, 0.717) is 0 Å². The van der Waals surface area contributed by atoms with Gasteiger partial charge in [-0.2, -0.15) is 0 Å². The lowest BCUT2D eigenvalue weighted by molar-refractivity contribution is -0.578. The Bertz CT molecular complexity index is 1170. The monoisotopic (exact) mass is 463 g/mol. The van der Waals surface area contributed by atoms with Crippen molar-refractivity contribution in [3.63, 3.8) is 0 Å². The minimum Gasteiger partial charge on any atom is -0.492 e. The SMILES string of the molecule is CO.CSc1cccc(-c2c[nH][n+]3cc(-c4ccc(OCCN5CCCC5)cc4)cnc23)c1. The van der Waals surface area contributed by atoms with Gasteiger partial charge in [-0.15, -0.1) is 16.3 Å². The van der Waals surface area contributed by atoms with Crippen LogP contribution in [0.15, 0.2) is 72.0 Å². The first kappa shape index (κ1) is 23.3. The highest BCUT2D eigenvalue weighted by Gasteiger charge is 2.17. The predicted octanol–water partition coefficient (Wildman–Crippen LogP) is 4.29. The van der Waals surface area contributed by atoms with Crippen molar-refractivity contribution in [3.8, 4) is 28.0 Å². The molecule has 0 bridgehead atoms. The van der Waals surface area contributed by atoms with Crippen molar-refractivity contribution in [2.45, 2.75) is 17.7 Å². The van der Waals surface area contributed by atoms with E-state index in [2.05, 4.69) is 58.8 Å². The number of ether oxygens (including phenoxy) is 1. The van der Waals surface area contributed by atoms with E-state index in [9.17, 15) is 0 Å². The quantitative estimate of drug-likeness (QED) is 0.316. The highest BCUT2D eigenvalue weighted by atomic mass is 32.2.